The Kier molecular flexibility index (Phi) is 9.21. The van der Waals surface area contributed by atoms with E-state index in [1.165, 1.54) is 27.3 Å². The summed E-state index contributed by atoms with van der Waals surface area (Å²) in [7, 11) is 2.86. The lowest BCUT2D eigenvalue weighted by Crippen LogP contribution is -2.43. The van der Waals surface area contributed by atoms with E-state index in [1.807, 2.05) is 5.32 Å². The Morgan fingerprint density at radius 1 is 1.07 bits per heavy atom. The molecule has 0 spiro atoms. The van der Waals surface area contributed by atoms with E-state index in [4.69, 9.17) is 4.74 Å². The summed E-state index contributed by atoms with van der Waals surface area (Å²) in [6.07, 6.45) is -4.04. The average molecular weight is 619 g/mol. The van der Waals surface area contributed by atoms with Crippen LogP contribution in [0.25, 0.3) is 21.9 Å². The number of amides is 1. The fraction of sp³-hybridized carbons (Fsp3) is 0.267. The summed E-state index contributed by atoms with van der Waals surface area (Å²) >= 11 is 0. The van der Waals surface area contributed by atoms with E-state index in [0.717, 1.165) is 4.68 Å². The Hall–Kier alpha value is -5.01. The second kappa shape index (κ2) is 12.7. The third-order valence-corrected chi connectivity index (χ3v) is 7.05. The molecule has 0 aliphatic carbocycles. The average Bonchev–Trinajstić information content (AvgIpc) is 2.96. The molecule has 44 heavy (non-hydrogen) atoms. The van der Waals surface area contributed by atoms with Gasteiger partial charge < -0.3 is 20.5 Å². The first-order valence-corrected chi connectivity index (χ1v) is 13.2. The van der Waals surface area contributed by atoms with E-state index in [0.29, 0.717) is 34.0 Å². The predicted octanol–water partition coefficient (Wildman–Crippen LogP) is 5.07. The Balaban J connectivity index is 1.66. The molecule has 1 aromatic heterocycles. The zero-order valence-corrected chi connectivity index (χ0v) is 23.6. The van der Waals surface area contributed by atoms with Gasteiger partial charge in [-0.2, -0.15) is 18.3 Å². The smallest absolute Gasteiger partial charge is 0.408 e. The zero-order valence-electron chi connectivity index (χ0n) is 23.6. The number of aromatic nitrogens is 2. The van der Waals surface area contributed by atoms with Crippen LogP contribution in [0.15, 0.2) is 59.5 Å². The molecular formula is C30H27F5N4O5. The third-order valence-electron chi connectivity index (χ3n) is 7.05. The van der Waals surface area contributed by atoms with Crippen molar-refractivity contribution in [3.63, 3.8) is 0 Å². The minimum absolute atomic E-state index is 0.218. The number of rotatable bonds is 10. The number of carboxylic acid groups (broad SMARTS) is 1. The van der Waals surface area contributed by atoms with E-state index < -0.39 is 65.0 Å². The summed E-state index contributed by atoms with van der Waals surface area (Å²) in [4.78, 5) is 38.0. The van der Waals surface area contributed by atoms with Gasteiger partial charge in [0.05, 0.1) is 18.9 Å². The number of carbonyl (C=O) groups excluding carboxylic acids is 1. The molecule has 4 rings (SSSR count). The quantitative estimate of drug-likeness (QED) is 0.212. The van der Waals surface area contributed by atoms with Crippen molar-refractivity contribution < 1.29 is 41.4 Å². The highest BCUT2D eigenvalue weighted by Gasteiger charge is 2.38. The molecule has 232 valence electrons. The zero-order chi connectivity index (χ0) is 32.3. The highest BCUT2D eigenvalue weighted by Crippen LogP contribution is 2.34. The molecule has 0 bridgehead atoms. The van der Waals surface area contributed by atoms with E-state index in [1.54, 1.807) is 36.4 Å². The molecule has 1 heterocycles. The van der Waals surface area contributed by atoms with Crippen molar-refractivity contribution in [2.24, 2.45) is 7.05 Å². The first kappa shape index (κ1) is 31.9. The number of benzene rings is 3. The van der Waals surface area contributed by atoms with Crippen LogP contribution in [0.2, 0.25) is 0 Å². The van der Waals surface area contributed by atoms with Crippen LogP contribution in [-0.4, -0.2) is 52.1 Å². The number of halogens is 5. The Morgan fingerprint density at radius 3 is 2.27 bits per heavy atom. The minimum atomic E-state index is -4.69. The first-order valence-electron chi connectivity index (χ1n) is 13.2. The first-order chi connectivity index (χ1) is 20.8. The SMILES string of the molecule is CCC(Nc1cc(F)c(C(=O)NC(Cc2ccc(-c3c(OC)cnn(C)c3=O)c3ccccc23)C(=O)O)c(F)c1)C(F)(F)F. The number of hydrogen-bond donors (Lipinski definition) is 3. The Morgan fingerprint density at radius 2 is 1.70 bits per heavy atom. The number of hydrogen-bond acceptors (Lipinski definition) is 6. The molecule has 0 radical (unpaired) electrons. The summed E-state index contributed by atoms with van der Waals surface area (Å²) in [5, 5.41) is 19.0. The molecule has 1 amide bonds. The van der Waals surface area contributed by atoms with Crippen molar-refractivity contribution in [1.82, 2.24) is 15.1 Å². The van der Waals surface area contributed by atoms with Crippen molar-refractivity contribution in [3.8, 4) is 16.9 Å². The van der Waals surface area contributed by atoms with Gasteiger partial charge in [0.1, 0.15) is 29.3 Å². The molecule has 14 heteroatoms. The lowest BCUT2D eigenvalue weighted by molar-refractivity contribution is -0.143. The van der Waals surface area contributed by atoms with Crippen molar-refractivity contribution in [3.05, 3.63) is 87.8 Å². The van der Waals surface area contributed by atoms with Gasteiger partial charge in [-0.1, -0.05) is 43.3 Å². The molecule has 0 fully saturated rings. The van der Waals surface area contributed by atoms with E-state index in [2.05, 4.69) is 10.4 Å². The normalized spacial score (nSPS) is 12.9. The standard InChI is InChI=1S/C30H27F5N4O5/c1-4-24(30(33,34)35)37-16-12-20(31)26(21(32)13-16)27(40)38-22(29(42)43)11-15-9-10-19(18-8-6-5-7-17(15)18)25-23(44-3)14-36-39(2)28(25)41/h5-10,12-14,22,24,37H,4,11H2,1-3H3,(H,38,40)(H,42,43). The molecule has 2 unspecified atom stereocenters. The molecule has 0 saturated heterocycles. The fourth-order valence-corrected chi connectivity index (χ4v) is 4.82. The summed E-state index contributed by atoms with van der Waals surface area (Å²) in [5.74, 6) is -5.66. The van der Waals surface area contributed by atoms with E-state index in [9.17, 15) is 41.4 Å². The van der Waals surface area contributed by atoms with Crippen LogP contribution in [0.5, 0.6) is 5.75 Å². The van der Waals surface area contributed by atoms with Gasteiger partial charge >= 0.3 is 12.1 Å². The maximum absolute atomic E-state index is 14.8. The van der Waals surface area contributed by atoms with Crippen LogP contribution in [0, 0.1) is 11.6 Å². The van der Waals surface area contributed by atoms with Gasteiger partial charge in [0.25, 0.3) is 11.5 Å². The third kappa shape index (κ3) is 6.48. The lowest BCUT2D eigenvalue weighted by Gasteiger charge is -2.22. The Labute approximate surface area is 247 Å². The summed E-state index contributed by atoms with van der Waals surface area (Å²) in [6, 6.07) is 7.27. The second-order valence-corrected chi connectivity index (χ2v) is 9.86. The van der Waals surface area contributed by atoms with Crippen molar-refractivity contribution in [2.75, 3.05) is 12.4 Å². The van der Waals surface area contributed by atoms with Gasteiger partial charge in [0, 0.05) is 19.2 Å². The van der Waals surface area contributed by atoms with Crippen molar-refractivity contribution >= 4 is 28.3 Å². The highest BCUT2D eigenvalue weighted by atomic mass is 19.4. The number of nitrogens with one attached hydrogen (secondary N) is 2. The van der Waals surface area contributed by atoms with Gasteiger partial charge in [-0.05, 0) is 40.5 Å². The molecule has 3 N–H and O–H groups in total. The second-order valence-electron chi connectivity index (χ2n) is 9.86. The number of fused-ring (bicyclic) bond motifs is 1. The molecule has 0 saturated carbocycles. The van der Waals surface area contributed by atoms with Crippen LogP contribution in [-0.2, 0) is 18.3 Å². The van der Waals surface area contributed by atoms with Crippen LogP contribution in [0.4, 0.5) is 27.6 Å². The number of aryl methyl sites for hydroxylation is 1. The van der Waals surface area contributed by atoms with Gasteiger partial charge in [-0.3, -0.25) is 9.59 Å². The molecule has 0 aliphatic rings. The number of anilines is 1. The van der Waals surface area contributed by atoms with Crippen LogP contribution < -0.4 is 20.9 Å². The number of carboxylic acids is 1. The molecule has 9 nitrogen and oxygen atoms in total. The minimum Gasteiger partial charge on any atom is -0.494 e. The van der Waals surface area contributed by atoms with Crippen LogP contribution >= 0.6 is 0 Å². The number of methoxy groups -OCH3 is 1. The Bertz CT molecular complexity index is 1770. The van der Waals surface area contributed by atoms with Gasteiger partial charge in [-0.15, -0.1) is 0 Å². The molecule has 2 atom stereocenters. The molecule has 3 aromatic carbocycles. The van der Waals surface area contributed by atoms with Crippen molar-refractivity contribution in [1.29, 1.82) is 0 Å². The summed E-state index contributed by atoms with van der Waals surface area (Å²) in [6.45, 7) is 1.24. The lowest BCUT2D eigenvalue weighted by atomic mass is 9.92. The number of aliphatic carboxylic acids is 1. The summed E-state index contributed by atoms with van der Waals surface area (Å²) in [5.41, 5.74) is -0.994. The highest BCUT2D eigenvalue weighted by molar-refractivity contribution is 6.00. The van der Waals surface area contributed by atoms with Crippen molar-refractivity contribution in [2.45, 2.75) is 38.0 Å². The number of carbonyl (C=O) groups is 2. The number of ether oxygens (including phenoxy) is 1. The van der Waals surface area contributed by atoms with Gasteiger partial charge in [-0.25, -0.2) is 18.3 Å². The van der Waals surface area contributed by atoms with Gasteiger partial charge in [0.15, 0.2) is 5.75 Å². The predicted molar refractivity (Wildman–Crippen MR) is 152 cm³/mol. The summed E-state index contributed by atoms with van der Waals surface area (Å²) < 4.78 is 75.4. The number of nitrogens with zero attached hydrogens (tertiary/aromatic N) is 2. The number of alkyl halides is 3. The fourth-order valence-electron chi connectivity index (χ4n) is 4.82. The largest absolute Gasteiger partial charge is 0.494 e. The van der Waals surface area contributed by atoms with Crippen LogP contribution in [0.3, 0.4) is 0 Å². The topological polar surface area (TPSA) is 123 Å². The maximum atomic E-state index is 14.8. The molecular weight excluding hydrogens is 591 g/mol. The molecule has 4 aromatic rings. The van der Waals surface area contributed by atoms with E-state index >= 15 is 0 Å². The molecule has 0 aliphatic heterocycles. The van der Waals surface area contributed by atoms with E-state index in [-0.39, 0.29) is 17.7 Å². The monoisotopic (exact) mass is 618 g/mol. The van der Waals surface area contributed by atoms with Gasteiger partial charge in [0.2, 0.25) is 0 Å². The maximum Gasteiger partial charge on any atom is 0.408 e. The van der Waals surface area contributed by atoms with Crippen LogP contribution in [0.1, 0.15) is 29.3 Å².